The van der Waals surface area contributed by atoms with E-state index in [9.17, 15) is 0 Å². The summed E-state index contributed by atoms with van der Waals surface area (Å²) in [4.78, 5) is 0. The average molecular weight is 245 g/mol. The Bertz CT molecular complexity index is 452. The average Bonchev–Trinajstić information content (AvgIpc) is 2.81. The van der Waals surface area contributed by atoms with Crippen molar-refractivity contribution in [3.8, 4) is 5.75 Å². The van der Waals surface area contributed by atoms with Gasteiger partial charge in [0, 0.05) is 6.04 Å². The summed E-state index contributed by atoms with van der Waals surface area (Å²) in [7, 11) is 1.74. The highest BCUT2D eigenvalue weighted by Gasteiger charge is 2.45. The molecule has 0 radical (unpaired) electrons. The van der Waals surface area contributed by atoms with E-state index in [4.69, 9.17) is 4.74 Å². The summed E-state index contributed by atoms with van der Waals surface area (Å²) in [6.07, 6.45) is 3.80. The molecular weight excluding hydrogens is 222 g/mol. The van der Waals surface area contributed by atoms with Crippen LogP contribution in [0.3, 0.4) is 0 Å². The molecule has 0 spiro atoms. The molecule has 18 heavy (non-hydrogen) atoms. The third-order valence-electron chi connectivity index (χ3n) is 4.76. The van der Waals surface area contributed by atoms with Gasteiger partial charge in [0.25, 0.3) is 0 Å². The van der Waals surface area contributed by atoms with Gasteiger partial charge in [-0.05, 0) is 60.4 Å². The first-order valence-electron chi connectivity index (χ1n) is 7.00. The van der Waals surface area contributed by atoms with E-state index in [1.807, 2.05) is 0 Å². The van der Waals surface area contributed by atoms with Crippen molar-refractivity contribution < 1.29 is 4.74 Å². The van der Waals surface area contributed by atoms with Gasteiger partial charge in [0.15, 0.2) is 0 Å². The lowest BCUT2D eigenvalue weighted by Gasteiger charge is -2.15. The molecule has 2 aliphatic rings. The van der Waals surface area contributed by atoms with Crippen molar-refractivity contribution in [2.24, 2.45) is 11.3 Å². The molecule has 1 N–H and O–H groups in total. The van der Waals surface area contributed by atoms with Crippen molar-refractivity contribution in [1.29, 1.82) is 0 Å². The third-order valence-corrected chi connectivity index (χ3v) is 4.76. The Labute approximate surface area is 110 Å². The number of fused-ring (bicyclic) bond motifs is 1. The molecule has 2 nitrogen and oxygen atoms in total. The fourth-order valence-corrected chi connectivity index (χ4v) is 3.13. The predicted molar refractivity (Wildman–Crippen MR) is 73.9 cm³/mol. The molecular formula is C16H23NO. The number of hydrogen-bond donors (Lipinski definition) is 1. The number of rotatable bonds is 4. The fraction of sp³-hybridized carbons (Fsp3) is 0.625. The quantitative estimate of drug-likeness (QED) is 0.878. The second-order valence-electron chi connectivity index (χ2n) is 6.45. The highest BCUT2D eigenvalue weighted by atomic mass is 16.5. The molecule has 98 valence electrons. The number of methoxy groups -OCH3 is 1. The molecule has 2 heteroatoms. The van der Waals surface area contributed by atoms with Crippen LogP contribution in [0.4, 0.5) is 0 Å². The topological polar surface area (TPSA) is 21.3 Å². The van der Waals surface area contributed by atoms with Gasteiger partial charge in [0.05, 0.1) is 7.11 Å². The molecule has 1 fully saturated rings. The summed E-state index contributed by atoms with van der Waals surface area (Å²) in [5.74, 6) is 1.85. The summed E-state index contributed by atoms with van der Waals surface area (Å²) < 4.78 is 5.33. The molecule has 2 atom stereocenters. The minimum absolute atomic E-state index is 0.534. The minimum atomic E-state index is 0.534. The normalized spacial score (nSPS) is 27.9. The predicted octanol–water partition coefficient (Wildman–Crippen LogP) is 3.32. The Hall–Kier alpha value is -1.02. The zero-order valence-corrected chi connectivity index (χ0v) is 11.6. The van der Waals surface area contributed by atoms with Crippen LogP contribution in [0.1, 0.15) is 43.9 Å². The van der Waals surface area contributed by atoms with Gasteiger partial charge in [-0.3, -0.25) is 0 Å². The van der Waals surface area contributed by atoms with Crippen LogP contribution in [0.5, 0.6) is 5.75 Å². The first kappa shape index (κ1) is 12.0. The van der Waals surface area contributed by atoms with E-state index < -0.39 is 0 Å². The maximum Gasteiger partial charge on any atom is 0.119 e. The van der Waals surface area contributed by atoms with Crippen LogP contribution < -0.4 is 10.1 Å². The number of hydrogen-bond acceptors (Lipinski definition) is 2. The van der Waals surface area contributed by atoms with Gasteiger partial charge in [0.2, 0.25) is 0 Å². The molecule has 2 aliphatic carbocycles. The van der Waals surface area contributed by atoms with Crippen LogP contribution in [0.25, 0.3) is 0 Å². The maximum absolute atomic E-state index is 5.33. The SMILES string of the molecule is COc1ccc2c(c1)C(NCC1CC1(C)C)CC2. The molecule has 3 rings (SSSR count). The monoisotopic (exact) mass is 245 g/mol. The Balaban J connectivity index is 1.66. The van der Waals surface area contributed by atoms with Crippen LogP contribution >= 0.6 is 0 Å². The van der Waals surface area contributed by atoms with E-state index in [0.717, 1.165) is 18.2 Å². The van der Waals surface area contributed by atoms with Crippen molar-refractivity contribution in [1.82, 2.24) is 5.32 Å². The zero-order valence-electron chi connectivity index (χ0n) is 11.6. The van der Waals surface area contributed by atoms with Crippen molar-refractivity contribution in [3.05, 3.63) is 29.3 Å². The Kier molecular flexibility index (Phi) is 2.86. The van der Waals surface area contributed by atoms with E-state index >= 15 is 0 Å². The van der Waals surface area contributed by atoms with E-state index in [1.165, 1.54) is 30.4 Å². The zero-order chi connectivity index (χ0) is 12.8. The van der Waals surface area contributed by atoms with Gasteiger partial charge < -0.3 is 10.1 Å². The lowest BCUT2D eigenvalue weighted by Crippen LogP contribution is -2.23. The number of nitrogens with one attached hydrogen (secondary N) is 1. The molecule has 0 aromatic heterocycles. The van der Waals surface area contributed by atoms with Gasteiger partial charge in [-0.1, -0.05) is 19.9 Å². The molecule has 1 aromatic rings. The van der Waals surface area contributed by atoms with Gasteiger partial charge >= 0.3 is 0 Å². The Morgan fingerprint density at radius 1 is 1.39 bits per heavy atom. The van der Waals surface area contributed by atoms with Crippen LogP contribution in [-0.4, -0.2) is 13.7 Å². The maximum atomic E-state index is 5.33. The molecule has 0 saturated heterocycles. The van der Waals surface area contributed by atoms with Crippen molar-refractivity contribution in [3.63, 3.8) is 0 Å². The summed E-state index contributed by atoms with van der Waals surface area (Å²) in [6, 6.07) is 7.03. The number of benzene rings is 1. The fourth-order valence-electron chi connectivity index (χ4n) is 3.13. The summed E-state index contributed by atoms with van der Waals surface area (Å²) in [5, 5.41) is 3.75. The van der Waals surface area contributed by atoms with Gasteiger partial charge in [-0.25, -0.2) is 0 Å². The van der Waals surface area contributed by atoms with E-state index in [1.54, 1.807) is 7.11 Å². The van der Waals surface area contributed by atoms with Crippen molar-refractivity contribution in [2.75, 3.05) is 13.7 Å². The first-order valence-corrected chi connectivity index (χ1v) is 7.00. The molecule has 0 heterocycles. The van der Waals surface area contributed by atoms with E-state index in [0.29, 0.717) is 11.5 Å². The first-order chi connectivity index (χ1) is 8.60. The van der Waals surface area contributed by atoms with Crippen molar-refractivity contribution >= 4 is 0 Å². The van der Waals surface area contributed by atoms with Crippen LogP contribution in [0, 0.1) is 11.3 Å². The number of ether oxygens (including phenoxy) is 1. The molecule has 1 aromatic carbocycles. The summed E-state index contributed by atoms with van der Waals surface area (Å²) in [6.45, 7) is 5.89. The minimum Gasteiger partial charge on any atom is -0.497 e. The van der Waals surface area contributed by atoms with E-state index in [-0.39, 0.29) is 0 Å². The largest absolute Gasteiger partial charge is 0.497 e. The van der Waals surface area contributed by atoms with Gasteiger partial charge in [-0.2, -0.15) is 0 Å². The smallest absolute Gasteiger partial charge is 0.119 e. The van der Waals surface area contributed by atoms with Gasteiger partial charge in [-0.15, -0.1) is 0 Å². The highest BCUT2D eigenvalue weighted by molar-refractivity contribution is 5.40. The molecule has 0 aliphatic heterocycles. The Morgan fingerprint density at radius 2 is 2.17 bits per heavy atom. The van der Waals surface area contributed by atoms with Crippen LogP contribution in [0.15, 0.2) is 18.2 Å². The second-order valence-corrected chi connectivity index (χ2v) is 6.45. The number of aryl methyl sites for hydroxylation is 1. The molecule has 0 bridgehead atoms. The highest BCUT2D eigenvalue weighted by Crippen LogP contribution is 2.51. The standard InChI is InChI=1S/C16H23NO/c1-16(2)9-12(16)10-17-15-7-5-11-4-6-13(18-3)8-14(11)15/h4,6,8,12,15,17H,5,7,9-10H2,1-3H3. The lowest BCUT2D eigenvalue weighted by atomic mass is 10.1. The van der Waals surface area contributed by atoms with Crippen LogP contribution in [-0.2, 0) is 6.42 Å². The summed E-state index contributed by atoms with van der Waals surface area (Å²) in [5.41, 5.74) is 3.51. The van der Waals surface area contributed by atoms with Gasteiger partial charge in [0.1, 0.15) is 5.75 Å². The Morgan fingerprint density at radius 3 is 2.83 bits per heavy atom. The van der Waals surface area contributed by atoms with Crippen molar-refractivity contribution in [2.45, 2.75) is 39.2 Å². The molecule has 1 saturated carbocycles. The second kappa shape index (κ2) is 4.27. The lowest BCUT2D eigenvalue weighted by molar-refractivity contribution is 0.412. The molecule has 0 amide bonds. The van der Waals surface area contributed by atoms with E-state index in [2.05, 4.69) is 37.4 Å². The summed E-state index contributed by atoms with van der Waals surface area (Å²) >= 11 is 0. The third kappa shape index (κ3) is 2.14. The molecule has 2 unspecified atom stereocenters. The van der Waals surface area contributed by atoms with Crippen LogP contribution in [0.2, 0.25) is 0 Å².